The van der Waals surface area contributed by atoms with Gasteiger partial charge in [0.05, 0.1) is 18.4 Å². The predicted molar refractivity (Wildman–Crippen MR) is 80.9 cm³/mol. The Kier molecular flexibility index (Phi) is 4.66. The first-order chi connectivity index (χ1) is 9.67. The van der Waals surface area contributed by atoms with Crippen LogP contribution in [0.2, 0.25) is 0 Å². The maximum Gasteiger partial charge on any atom is 0.230 e. The third-order valence-corrected chi connectivity index (χ3v) is 3.50. The van der Waals surface area contributed by atoms with Gasteiger partial charge in [0.1, 0.15) is 5.75 Å². The summed E-state index contributed by atoms with van der Waals surface area (Å²) in [6, 6.07) is 6.04. The molecule has 0 saturated heterocycles. The maximum atomic E-state index is 5.94. The number of anilines is 1. The summed E-state index contributed by atoms with van der Waals surface area (Å²) in [6.45, 7) is 4.20. The Balaban J connectivity index is 2.34. The molecule has 0 radical (unpaired) electrons. The molecule has 1 heterocycles. The molecular formula is C16H22N2O2. The number of hydrogen-bond acceptors (Lipinski definition) is 4. The van der Waals surface area contributed by atoms with Crippen LogP contribution in [-0.4, -0.2) is 12.3 Å². The van der Waals surface area contributed by atoms with Crippen molar-refractivity contribution in [3.05, 3.63) is 29.5 Å². The van der Waals surface area contributed by atoms with Crippen LogP contribution in [0.3, 0.4) is 0 Å². The zero-order chi connectivity index (χ0) is 14.5. The monoisotopic (exact) mass is 274 g/mol. The Labute approximate surface area is 119 Å². The fourth-order valence-electron chi connectivity index (χ4n) is 2.34. The predicted octanol–water partition coefficient (Wildman–Crippen LogP) is 3.97. The van der Waals surface area contributed by atoms with Gasteiger partial charge in [0.25, 0.3) is 0 Å². The average Bonchev–Trinajstić information content (AvgIpc) is 2.81. The molecule has 1 aromatic heterocycles. The molecule has 0 unspecified atom stereocenters. The Morgan fingerprint density at radius 3 is 2.80 bits per heavy atom. The number of aromatic nitrogens is 1. The molecule has 1 aromatic carbocycles. The van der Waals surface area contributed by atoms with E-state index in [9.17, 15) is 0 Å². The van der Waals surface area contributed by atoms with Gasteiger partial charge in [0.15, 0.2) is 0 Å². The van der Waals surface area contributed by atoms with E-state index in [4.69, 9.17) is 15.0 Å². The molecule has 4 nitrogen and oxygen atoms in total. The lowest BCUT2D eigenvalue weighted by atomic mass is 10.0. The van der Waals surface area contributed by atoms with Crippen LogP contribution in [0.25, 0.3) is 11.1 Å². The van der Waals surface area contributed by atoms with E-state index in [1.807, 2.05) is 25.1 Å². The molecule has 0 bridgehead atoms. The smallest absolute Gasteiger partial charge is 0.230 e. The standard InChI is InChI=1S/C16H22N2O2/c1-4-5-6-7-13-15(16(17)20-18-13)12-9-8-11(2)14(10-12)19-3/h8-10H,4-7,17H2,1-3H3. The normalized spacial score (nSPS) is 10.8. The van der Waals surface area contributed by atoms with Crippen LogP contribution < -0.4 is 10.5 Å². The molecule has 2 N–H and O–H groups in total. The van der Waals surface area contributed by atoms with Crippen LogP contribution in [0, 0.1) is 6.92 Å². The molecule has 4 heteroatoms. The fraction of sp³-hybridized carbons (Fsp3) is 0.438. The number of ether oxygens (including phenoxy) is 1. The van der Waals surface area contributed by atoms with Gasteiger partial charge < -0.3 is 15.0 Å². The Morgan fingerprint density at radius 1 is 1.30 bits per heavy atom. The number of nitrogens with two attached hydrogens (primary N) is 1. The molecule has 2 aromatic rings. The summed E-state index contributed by atoms with van der Waals surface area (Å²) < 4.78 is 10.5. The number of unbranched alkanes of at least 4 members (excludes halogenated alkanes) is 2. The molecule has 0 saturated carbocycles. The second kappa shape index (κ2) is 6.46. The summed E-state index contributed by atoms with van der Waals surface area (Å²) >= 11 is 0. The van der Waals surface area contributed by atoms with Crippen molar-refractivity contribution in [2.75, 3.05) is 12.8 Å². The quantitative estimate of drug-likeness (QED) is 0.809. The van der Waals surface area contributed by atoms with Gasteiger partial charge in [-0.25, -0.2) is 0 Å². The zero-order valence-electron chi connectivity index (χ0n) is 12.4. The molecule has 0 spiro atoms. The van der Waals surface area contributed by atoms with Crippen LogP contribution in [0.15, 0.2) is 22.7 Å². The number of rotatable bonds is 6. The lowest BCUT2D eigenvalue weighted by molar-refractivity contribution is 0.412. The summed E-state index contributed by atoms with van der Waals surface area (Å²) in [5, 5.41) is 4.10. The molecule has 20 heavy (non-hydrogen) atoms. The van der Waals surface area contributed by atoms with E-state index in [1.54, 1.807) is 7.11 Å². The van der Waals surface area contributed by atoms with Crippen LogP contribution in [0.1, 0.15) is 37.4 Å². The van der Waals surface area contributed by atoms with Gasteiger partial charge in [-0.15, -0.1) is 0 Å². The zero-order valence-corrected chi connectivity index (χ0v) is 12.4. The van der Waals surface area contributed by atoms with Crippen LogP contribution in [0.5, 0.6) is 5.75 Å². The number of methoxy groups -OCH3 is 1. The van der Waals surface area contributed by atoms with Gasteiger partial charge in [-0.1, -0.05) is 37.1 Å². The van der Waals surface area contributed by atoms with Gasteiger partial charge in [0.2, 0.25) is 5.88 Å². The summed E-state index contributed by atoms with van der Waals surface area (Å²) in [7, 11) is 1.67. The van der Waals surface area contributed by atoms with Crippen molar-refractivity contribution < 1.29 is 9.26 Å². The van der Waals surface area contributed by atoms with Crippen LogP contribution in [-0.2, 0) is 6.42 Å². The molecule has 0 atom stereocenters. The average molecular weight is 274 g/mol. The highest BCUT2D eigenvalue weighted by atomic mass is 16.5. The van der Waals surface area contributed by atoms with Crippen molar-refractivity contribution in [3.8, 4) is 16.9 Å². The highest BCUT2D eigenvalue weighted by molar-refractivity contribution is 5.76. The fourth-order valence-corrected chi connectivity index (χ4v) is 2.34. The molecule has 0 fully saturated rings. The largest absolute Gasteiger partial charge is 0.496 e. The number of nitrogen functional groups attached to an aromatic ring is 1. The number of benzene rings is 1. The first kappa shape index (κ1) is 14.4. The first-order valence-electron chi connectivity index (χ1n) is 7.06. The van der Waals surface area contributed by atoms with Crippen molar-refractivity contribution in [3.63, 3.8) is 0 Å². The SMILES string of the molecule is CCCCCc1noc(N)c1-c1ccc(C)c(OC)c1. The van der Waals surface area contributed by atoms with Crippen LogP contribution >= 0.6 is 0 Å². The Morgan fingerprint density at radius 2 is 2.10 bits per heavy atom. The molecule has 0 aliphatic carbocycles. The third-order valence-electron chi connectivity index (χ3n) is 3.50. The highest BCUT2D eigenvalue weighted by Crippen LogP contribution is 2.33. The van der Waals surface area contributed by atoms with E-state index in [2.05, 4.69) is 12.1 Å². The molecular weight excluding hydrogens is 252 g/mol. The van der Waals surface area contributed by atoms with Gasteiger partial charge in [-0.3, -0.25) is 0 Å². The summed E-state index contributed by atoms with van der Waals surface area (Å²) in [5.74, 6) is 1.23. The highest BCUT2D eigenvalue weighted by Gasteiger charge is 2.16. The minimum Gasteiger partial charge on any atom is -0.496 e. The first-order valence-corrected chi connectivity index (χ1v) is 7.06. The lowest BCUT2D eigenvalue weighted by Gasteiger charge is -2.08. The van der Waals surface area contributed by atoms with Gasteiger partial charge in [-0.05, 0) is 37.0 Å². The number of nitrogens with zero attached hydrogens (tertiary/aromatic N) is 1. The topological polar surface area (TPSA) is 61.3 Å². The molecule has 0 amide bonds. The lowest BCUT2D eigenvalue weighted by Crippen LogP contribution is -1.93. The van der Waals surface area contributed by atoms with E-state index in [-0.39, 0.29) is 0 Å². The molecule has 0 aliphatic heterocycles. The summed E-state index contributed by atoms with van der Waals surface area (Å²) in [6.07, 6.45) is 4.35. The molecule has 2 rings (SSSR count). The second-order valence-corrected chi connectivity index (χ2v) is 5.01. The van der Waals surface area contributed by atoms with E-state index in [0.717, 1.165) is 41.0 Å². The Bertz CT molecular complexity index is 576. The summed E-state index contributed by atoms with van der Waals surface area (Å²) in [5.41, 5.74) is 9.87. The van der Waals surface area contributed by atoms with Crippen molar-refractivity contribution in [1.29, 1.82) is 0 Å². The number of hydrogen-bond donors (Lipinski definition) is 1. The minimum absolute atomic E-state index is 0.377. The van der Waals surface area contributed by atoms with Gasteiger partial charge in [-0.2, -0.15) is 0 Å². The van der Waals surface area contributed by atoms with E-state index < -0.39 is 0 Å². The number of aryl methyl sites for hydroxylation is 2. The maximum absolute atomic E-state index is 5.94. The third kappa shape index (κ3) is 2.95. The van der Waals surface area contributed by atoms with Crippen molar-refractivity contribution >= 4 is 5.88 Å². The second-order valence-electron chi connectivity index (χ2n) is 5.01. The Hall–Kier alpha value is -1.97. The van der Waals surface area contributed by atoms with E-state index in [1.165, 1.54) is 12.8 Å². The van der Waals surface area contributed by atoms with Gasteiger partial charge >= 0.3 is 0 Å². The molecule has 108 valence electrons. The van der Waals surface area contributed by atoms with Crippen molar-refractivity contribution in [2.45, 2.75) is 39.5 Å². The summed E-state index contributed by atoms with van der Waals surface area (Å²) in [4.78, 5) is 0. The van der Waals surface area contributed by atoms with E-state index in [0.29, 0.717) is 5.88 Å². The molecule has 0 aliphatic rings. The van der Waals surface area contributed by atoms with Crippen molar-refractivity contribution in [1.82, 2.24) is 5.16 Å². The van der Waals surface area contributed by atoms with E-state index >= 15 is 0 Å². The minimum atomic E-state index is 0.377. The van der Waals surface area contributed by atoms with Crippen LogP contribution in [0.4, 0.5) is 5.88 Å². The van der Waals surface area contributed by atoms with Crippen molar-refractivity contribution in [2.24, 2.45) is 0 Å². The van der Waals surface area contributed by atoms with Gasteiger partial charge in [0, 0.05) is 0 Å².